The van der Waals surface area contributed by atoms with Crippen LogP contribution in [0.5, 0.6) is 0 Å². The molecule has 29 heavy (non-hydrogen) atoms. The minimum Gasteiger partial charge on any atom is -0.356 e. The Bertz CT molecular complexity index is 977. The zero-order chi connectivity index (χ0) is 20.2. The Kier molecular flexibility index (Phi) is 5.85. The molecule has 1 aliphatic rings. The smallest absolute Gasteiger partial charge is 0.261 e. The molecular weight excluding hydrogens is 382 g/mol. The van der Waals surface area contributed by atoms with E-state index in [1.807, 2.05) is 6.07 Å². The van der Waals surface area contributed by atoms with Gasteiger partial charge in [-0.15, -0.1) is 10.2 Å². The second kappa shape index (κ2) is 8.69. The molecular formula is C22H25N5OS. The average Bonchev–Trinajstić information content (AvgIpc) is 3.23. The van der Waals surface area contributed by atoms with E-state index in [2.05, 4.69) is 63.5 Å². The van der Waals surface area contributed by atoms with Gasteiger partial charge < -0.3 is 4.90 Å². The van der Waals surface area contributed by atoms with Gasteiger partial charge in [-0.3, -0.25) is 10.1 Å². The third-order valence-electron chi connectivity index (χ3n) is 5.16. The number of hydrogen-bond acceptors (Lipinski definition) is 6. The monoisotopic (exact) mass is 407 g/mol. The summed E-state index contributed by atoms with van der Waals surface area (Å²) < 4.78 is 0. The van der Waals surface area contributed by atoms with E-state index >= 15 is 0 Å². The van der Waals surface area contributed by atoms with Gasteiger partial charge in [0.25, 0.3) is 5.91 Å². The summed E-state index contributed by atoms with van der Waals surface area (Å²) in [6.45, 7) is 6.22. The molecule has 0 unspecified atom stereocenters. The van der Waals surface area contributed by atoms with Gasteiger partial charge in [-0.25, -0.2) is 4.98 Å². The zero-order valence-electron chi connectivity index (χ0n) is 16.8. The fourth-order valence-electron chi connectivity index (χ4n) is 3.50. The number of amides is 1. The number of nitrogens with one attached hydrogen (secondary N) is 1. The van der Waals surface area contributed by atoms with E-state index in [-0.39, 0.29) is 5.91 Å². The molecule has 1 N–H and O–H groups in total. The van der Waals surface area contributed by atoms with Crippen LogP contribution in [0.3, 0.4) is 0 Å². The van der Waals surface area contributed by atoms with Crippen LogP contribution in [-0.4, -0.2) is 34.2 Å². The highest BCUT2D eigenvalue weighted by atomic mass is 32.1. The van der Waals surface area contributed by atoms with E-state index in [9.17, 15) is 4.79 Å². The summed E-state index contributed by atoms with van der Waals surface area (Å²) in [7, 11) is 0. The lowest BCUT2D eigenvalue weighted by molar-refractivity contribution is 0.102. The summed E-state index contributed by atoms with van der Waals surface area (Å²) in [5, 5.41) is 12.6. The molecule has 1 fully saturated rings. The van der Waals surface area contributed by atoms with Crippen molar-refractivity contribution in [3.63, 3.8) is 0 Å². The SMILES string of the molecule is CC(C)c1ccc(-c2nnc(NC(=O)c3cccnc3N3CCCCC3)s2)cc1. The first-order valence-corrected chi connectivity index (χ1v) is 10.9. The highest BCUT2D eigenvalue weighted by molar-refractivity contribution is 7.18. The van der Waals surface area contributed by atoms with Crippen LogP contribution in [0.1, 0.15) is 54.9 Å². The lowest BCUT2D eigenvalue weighted by atomic mass is 10.0. The van der Waals surface area contributed by atoms with Crippen LogP contribution in [0.4, 0.5) is 10.9 Å². The molecule has 1 aliphatic heterocycles. The topological polar surface area (TPSA) is 71.0 Å². The van der Waals surface area contributed by atoms with E-state index in [4.69, 9.17) is 0 Å². The maximum Gasteiger partial charge on any atom is 0.261 e. The van der Waals surface area contributed by atoms with Gasteiger partial charge in [0.2, 0.25) is 5.13 Å². The van der Waals surface area contributed by atoms with Gasteiger partial charge in [-0.1, -0.05) is 49.4 Å². The van der Waals surface area contributed by atoms with Crippen LogP contribution in [0.15, 0.2) is 42.6 Å². The molecule has 2 aromatic heterocycles. The van der Waals surface area contributed by atoms with Gasteiger partial charge in [0.15, 0.2) is 0 Å². The molecule has 1 saturated heterocycles. The normalized spacial score (nSPS) is 14.2. The number of benzene rings is 1. The van der Waals surface area contributed by atoms with Crippen molar-refractivity contribution in [3.8, 4) is 10.6 Å². The van der Waals surface area contributed by atoms with Crippen molar-refractivity contribution in [1.29, 1.82) is 0 Å². The number of anilines is 2. The maximum atomic E-state index is 12.9. The van der Waals surface area contributed by atoms with Crippen LogP contribution in [0.2, 0.25) is 0 Å². The molecule has 0 aliphatic carbocycles. The number of nitrogens with zero attached hydrogens (tertiary/aromatic N) is 4. The molecule has 4 rings (SSSR count). The third-order valence-corrected chi connectivity index (χ3v) is 6.04. The summed E-state index contributed by atoms with van der Waals surface area (Å²) in [4.78, 5) is 19.6. The van der Waals surface area contributed by atoms with Crippen LogP contribution in [0, 0.1) is 0 Å². The summed E-state index contributed by atoms with van der Waals surface area (Å²) in [5.74, 6) is 1.04. The van der Waals surface area contributed by atoms with Crippen LogP contribution in [-0.2, 0) is 0 Å². The van der Waals surface area contributed by atoms with Gasteiger partial charge in [-0.2, -0.15) is 0 Å². The molecule has 0 bridgehead atoms. The Balaban J connectivity index is 1.50. The van der Waals surface area contributed by atoms with E-state index in [0.717, 1.165) is 42.3 Å². The minimum atomic E-state index is -0.198. The quantitative estimate of drug-likeness (QED) is 0.647. The minimum absolute atomic E-state index is 0.198. The number of hydrogen-bond donors (Lipinski definition) is 1. The Morgan fingerprint density at radius 1 is 1.07 bits per heavy atom. The molecule has 3 aromatic rings. The summed E-state index contributed by atoms with van der Waals surface area (Å²) in [6.07, 6.45) is 5.24. The first-order chi connectivity index (χ1) is 14.1. The summed E-state index contributed by atoms with van der Waals surface area (Å²) >= 11 is 1.38. The molecule has 1 amide bonds. The Morgan fingerprint density at radius 2 is 1.83 bits per heavy atom. The van der Waals surface area contributed by atoms with Crippen molar-refractivity contribution < 1.29 is 4.79 Å². The molecule has 150 valence electrons. The Morgan fingerprint density at radius 3 is 2.55 bits per heavy atom. The fraction of sp³-hybridized carbons (Fsp3) is 0.364. The number of carbonyl (C=O) groups excluding carboxylic acids is 1. The number of aromatic nitrogens is 3. The molecule has 0 atom stereocenters. The molecule has 0 radical (unpaired) electrons. The molecule has 6 nitrogen and oxygen atoms in total. The van der Waals surface area contributed by atoms with E-state index in [1.165, 1.54) is 23.3 Å². The fourth-order valence-corrected chi connectivity index (χ4v) is 4.24. The molecule has 0 spiro atoms. The molecule has 7 heteroatoms. The predicted molar refractivity (Wildman–Crippen MR) is 118 cm³/mol. The van der Waals surface area contributed by atoms with Gasteiger partial charge in [0.1, 0.15) is 10.8 Å². The highest BCUT2D eigenvalue weighted by Gasteiger charge is 2.20. The second-order valence-electron chi connectivity index (χ2n) is 7.57. The average molecular weight is 408 g/mol. The Labute approximate surface area is 175 Å². The van der Waals surface area contributed by atoms with Crippen LogP contribution < -0.4 is 10.2 Å². The van der Waals surface area contributed by atoms with Gasteiger partial charge in [0, 0.05) is 24.8 Å². The Hall–Kier alpha value is -2.80. The van der Waals surface area contributed by atoms with Crippen molar-refractivity contribution in [1.82, 2.24) is 15.2 Å². The standard InChI is InChI=1S/C22H25N5OS/c1-15(2)16-8-10-17(11-9-16)21-25-26-22(29-21)24-20(28)18-7-6-12-23-19(18)27-13-4-3-5-14-27/h6-12,15H,3-5,13-14H2,1-2H3,(H,24,26,28). The molecule has 0 saturated carbocycles. The van der Waals surface area contributed by atoms with Crippen LogP contribution >= 0.6 is 11.3 Å². The van der Waals surface area contributed by atoms with Crippen molar-refractivity contribution in [2.24, 2.45) is 0 Å². The van der Waals surface area contributed by atoms with Gasteiger partial charge in [-0.05, 0) is 42.9 Å². The van der Waals surface area contributed by atoms with E-state index < -0.39 is 0 Å². The van der Waals surface area contributed by atoms with E-state index in [0.29, 0.717) is 16.6 Å². The van der Waals surface area contributed by atoms with E-state index in [1.54, 1.807) is 12.3 Å². The number of carbonyl (C=O) groups is 1. The lowest BCUT2D eigenvalue weighted by Crippen LogP contribution is -2.32. The first-order valence-electron chi connectivity index (χ1n) is 10.1. The maximum absolute atomic E-state index is 12.9. The summed E-state index contributed by atoms with van der Waals surface area (Å²) in [6, 6.07) is 11.9. The van der Waals surface area contributed by atoms with Crippen molar-refractivity contribution >= 4 is 28.2 Å². The predicted octanol–water partition coefficient (Wildman–Crippen LogP) is 4.97. The highest BCUT2D eigenvalue weighted by Crippen LogP contribution is 2.29. The van der Waals surface area contributed by atoms with Gasteiger partial charge in [0.05, 0.1) is 5.56 Å². The first kappa shape index (κ1) is 19.5. The summed E-state index contributed by atoms with van der Waals surface area (Å²) in [5.41, 5.74) is 2.86. The van der Waals surface area contributed by atoms with Crippen molar-refractivity contribution in [2.45, 2.75) is 39.0 Å². The third kappa shape index (κ3) is 4.45. The zero-order valence-corrected chi connectivity index (χ0v) is 17.6. The second-order valence-corrected chi connectivity index (χ2v) is 8.54. The number of piperidine rings is 1. The molecule has 1 aromatic carbocycles. The lowest BCUT2D eigenvalue weighted by Gasteiger charge is -2.28. The number of rotatable bonds is 5. The van der Waals surface area contributed by atoms with Crippen LogP contribution in [0.25, 0.3) is 10.6 Å². The number of pyridine rings is 1. The largest absolute Gasteiger partial charge is 0.356 e. The van der Waals surface area contributed by atoms with Crippen molar-refractivity contribution in [3.05, 3.63) is 53.7 Å². The van der Waals surface area contributed by atoms with Gasteiger partial charge >= 0.3 is 0 Å². The van der Waals surface area contributed by atoms with Crippen molar-refractivity contribution in [2.75, 3.05) is 23.3 Å². The molecule has 3 heterocycles.